The molecule has 2 aliphatic heterocycles. The number of para-hydroxylation sites is 2. The molecule has 0 bridgehead atoms. The Bertz CT molecular complexity index is 1020. The Morgan fingerprint density at radius 1 is 1.10 bits per heavy atom. The molecule has 5 rings (SSSR count). The minimum absolute atomic E-state index is 0.284. The molecule has 5 nitrogen and oxygen atoms in total. The van der Waals surface area contributed by atoms with Crippen LogP contribution in [-0.4, -0.2) is 51.3 Å². The first-order valence-corrected chi connectivity index (χ1v) is 10.8. The van der Waals surface area contributed by atoms with Crippen molar-refractivity contribution in [2.24, 2.45) is 5.92 Å². The molecule has 2 atom stereocenters. The van der Waals surface area contributed by atoms with E-state index < -0.39 is 5.60 Å². The second kappa shape index (κ2) is 7.73. The number of aliphatic hydroxyl groups is 1. The van der Waals surface area contributed by atoms with Crippen molar-refractivity contribution in [1.82, 2.24) is 19.8 Å². The van der Waals surface area contributed by atoms with Crippen molar-refractivity contribution in [3.63, 3.8) is 0 Å². The summed E-state index contributed by atoms with van der Waals surface area (Å²) in [5, 5.41) is 15.2. The van der Waals surface area contributed by atoms with Crippen LogP contribution in [0.2, 0.25) is 5.02 Å². The van der Waals surface area contributed by atoms with Gasteiger partial charge in [0.25, 0.3) is 0 Å². The highest BCUT2D eigenvalue weighted by Crippen LogP contribution is 2.33. The summed E-state index contributed by atoms with van der Waals surface area (Å²) in [4.78, 5) is 7.39. The maximum atomic E-state index is 11.0. The van der Waals surface area contributed by atoms with E-state index in [1.165, 1.54) is 0 Å². The van der Waals surface area contributed by atoms with E-state index in [1.807, 2.05) is 24.3 Å². The first-order chi connectivity index (χ1) is 14.1. The molecule has 0 amide bonds. The van der Waals surface area contributed by atoms with Gasteiger partial charge in [0, 0.05) is 30.6 Å². The van der Waals surface area contributed by atoms with Gasteiger partial charge in [0.1, 0.15) is 5.82 Å². The molecule has 2 aromatic carbocycles. The zero-order valence-electron chi connectivity index (χ0n) is 16.5. The summed E-state index contributed by atoms with van der Waals surface area (Å²) in [6.07, 6.45) is 1.70. The fourth-order valence-corrected chi connectivity index (χ4v) is 5.05. The highest BCUT2D eigenvalue weighted by Gasteiger charge is 2.42. The third kappa shape index (κ3) is 3.68. The standard InChI is InChI=1S/C23H27ClN4O/c24-19-6-2-1-5-17(19)14-28-21-8-4-3-7-20(21)26-22(28)16-27-12-10-23(29)9-11-25-13-18(23)15-27/h1-8,18,25,29H,9-16H2/t18-,23-/m0/s1. The van der Waals surface area contributed by atoms with Crippen molar-refractivity contribution in [1.29, 1.82) is 0 Å². The van der Waals surface area contributed by atoms with E-state index in [2.05, 4.69) is 39.0 Å². The van der Waals surface area contributed by atoms with E-state index in [0.717, 1.165) is 73.0 Å². The molecule has 2 N–H and O–H groups in total. The minimum Gasteiger partial charge on any atom is -0.389 e. The summed E-state index contributed by atoms with van der Waals surface area (Å²) in [5.41, 5.74) is 2.75. The van der Waals surface area contributed by atoms with Gasteiger partial charge in [-0.05, 0) is 43.1 Å². The fourth-order valence-electron chi connectivity index (χ4n) is 4.86. The van der Waals surface area contributed by atoms with E-state index in [0.29, 0.717) is 6.54 Å². The number of hydrogen-bond donors (Lipinski definition) is 2. The maximum Gasteiger partial charge on any atom is 0.124 e. The van der Waals surface area contributed by atoms with Crippen LogP contribution in [0, 0.1) is 5.92 Å². The van der Waals surface area contributed by atoms with Gasteiger partial charge in [0.15, 0.2) is 0 Å². The van der Waals surface area contributed by atoms with Gasteiger partial charge in [0.05, 0.1) is 29.7 Å². The SMILES string of the molecule is O[C@]12CCNC[C@H]1CN(Cc1nc3ccccc3n1Cc1ccccc1Cl)CC2. The van der Waals surface area contributed by atoms with Crippen LogP contribution in [0.15, 0.2) is 48.5 Å². The predicted octanol–water partition coefficient (Wildman–Crippen LogP) is 3.28. The molecule has 0 aliphatic carbocycles. The molecule has 2 fully saturated rings. The Labute approximate surface area is 176 Å². The number of nitrogens with zero attached hydrogens (tertiary/aromatic N) is 3. The van der Waals surface area contributed by atoms with Crippen LogP contribution < -0.4 is 5.32 Å². The number of halogens is 1. The minimum atomic E-state index is -0.501. The number of imidazole rings is 1. The van der Waals surface area contributed by atoms with Crippen LogP contribution in [0.5, 0.6) is 0 Å². The van der Waals surface area contributed by atoms with E-state index in [4.69, 9.17) is 16.6 Å². The second-order valence-electron chi connectivity index (χ2n) is 8.43. The first-order valence-electron chi connectivity index (χ1n) is 10.5. The van der Waals surface area contributed by atoms with Crippen molar-refractivity contribution in [2.75, 3.05) is 26.2 Å². The highest BCUT2D eigenvalue weighted by atomic mass is 35.5. The molecule has 152 valence electrons. The molecule has 29 heavy (non-hydrogen) atoms. The van der Waals surface area contributed by atoms with Gasteiger partial charge in [-0.25, -0.2) is 4.98 Å². The smallest absolute Gasteiger partial charge is 0.124 e. The Kier molecular flexibility index (Phi) is 5.08. The average Bonchev–Trinajstić information content (AvgIpc) is 3.07. The van der Waals surface area contributed by atoms with Gasteiger partial charge in [-0.3, -0.25) is 4.90 Å². The van der Waals surface area contributed by atoms with Gasteiger partial charge in [0.2, 0.25) is 0 Å². The van der Waals surface area contributed by atoms with Crippen molar-refractivity contribution in [2.45, 2.75) is 31.5 Å². The molecule has 0 saturated carbocycles. The average molecular weight is 411 g/mol. The number of rotatable bonds is 4. The van der Waals surface area contributed by atoms with Crippen molar-refractivity contribution in [3.05, 3.63) is 64.9 Å². The van der Waals surface area contributed by atoms with Crippen LogP contribution >= 0.6 is 11.6 Å². The van der Waals surface area contributed by atoms with E-state index >= 15 is 0 Å². The number of nitrogens with one attached hydrogen (secondary N) is 1. The quantitative estimate of drug-likeness (QED) is 0.693. The van der Waals surface area contributed by atoms with E-state index in [-0.39, 0.29) is 5.92 Å². The summed E-state index contributed by atoms with van der Waals surface area (Å²) in [6.45, 7) is 5.11. The summed E-state index contributed by atoms with van der Waals surface area (Å²) < 4.78 is 2.29. The summed E-state index contributed by atoms with van der Waals surface area (Å²) in [6, 6.07) is 16.3. The lowest BCUT2D eigenvalue weighted by Gasteiger charge is -2.47. The number of fused-ring (bicyclic) bond motifs is 2. The third-order valence-corrected chi connectivity index (χ3v) is 6.98. The summed E-state index contributed by atoms with van der Waals surface area (Å²) in [7, 11) is 0. The molecule has 1 aromatic heterocycles. The van der Waals surface area contributed by atoms with Crippen molar-refractivity contribution >= 4 is 22.6 Å². The lowest BCUT2D eigenvalue weighted by molar-refractivity contribution is -0.0903. The topological polar surface area (TPSA) is 53.3 Å². The monoisotopic (exact) mass is 410 g/mol. The van der Waals surface area contributed by atoms with Gasteiger partial charge < -0.3 is 15.0 Å². The molecule has 2 saturated heterocycles. The molecule has 0 spiro atoms. The zero-order chi connectivity index (χ0) is 19.8. The van der Waals surface area contributed by atoms with Crippen LogP contribution in [0.25, 0.3) is 11.0 Å². The molecule has 0 unspecified atom stereocenters. The largest absolute Gasteiger partial charge is 0.389 e. The zero-order valence-corrected chi connectivity index (χ0v) is 17.3. The maximum absolute atomic E-state index is 11.0. The Balaban J connectivity index is 1.43. The lowest BCUT2D eigenvalue weighted by atomic mass is 9.76. The van der Waals surface area contributed by atoms with Crippen molar-refractivity contribution in [3.8, 4) is 0 Å². The van der Waals surface area contributed by atoms with Crippen LogP contribution in [0.3, 0.4) is 0 Å². The number of piperidine rings is 2. The van der Waals surface area contributed by atoms with E-state index in [9.17, 15) is 5.11 Å². The molecular weight excluding hydrogens is 384 g/mol. The van der Waals surface area contributed by atoms with Gasteiger partial charge >= 0.3 is 0 Å². The Morgan fingerprint density at radius 2 is 1.93 bits per heavy atom. The molecule has 3 heterocycles. The third-order valence-electron chi connectivity index (χ3n) is 6.61. The number of aromatic nitrogens is 2. The predicted molar refractivity (Wildman–Crippen MR) is 116 cm³/mol. The first kappa shape index (κ1) is 19.1. The Hall–Kier alpha value is -1.92. The van der Waals surface area contributed by atoms with Crippen LogP contribution in [0.4, 0.5) is 0 Å². The number of hydrogen-bond acceptors (Lipinski definition) is 4. The summed E-state index contributed by atoms with van der Waals surface area (Å²) in [5.74, 6) is 1.34. The highest BCUT2D eigenvalue weighted by molar-refractivity contribution is 6.31. The van der Waals surface area contributed by atoms with Crippen LogP contribution in [-0.2, 0) is 13.1 Å². The van der Waals surface area contributed by atoms with E-state index in [1.54, 1.807) is 0 Å². The van der Waals surface area contributed by atoms with Gasteiger partial charge in [-0.2, -0.15) is 0 Å². The molecular formula is C23H27ClN4O. The number of benzene rings is 2. The number of likely N-dealkylation sites (tertiary alicyclic amines) is 1. The van der Waals surface area contributed by atoms with Crippen molar-refractivity contribution < 1.29 is 5.11 Å². The molecule has 3 aromatic rings. The van der Waals surface area contributed by atoms with Gasteiger partial charge in [-0.1, -0.05) is 41.9 Å². The van der Waals surface area contributed by atoms with Crippen LogP contribution in [0.1, 0.15) is 24.2 Å². The molecule has 6 heteroatoms. The lowest BCUT2D eigenvalue weighted by Crippen LogP contribution is -2.58. The summed E-state index contributed by atoms with van der Waals surface area (Å²) >= 11 is 6.45. The normalized spacial score (nSPS) is 25.2. The molecule has 0 radical (unpaired) electrons. The van der Waals surface area contributed by atoms with Gasteiger partial charge in [-0.15, -0.1) is 0 Å². The Morgan fingerprint density at radius 3 is 2.83 bits per heavy atom. The molecule has 2 aliphatic rings. The fraction of sp³-hybridized carbons (Fsp3) is 0.435. The second-order valence-corrected chi connectivity index (χ2v) is 8.84.